The molecule has 3 heterocycles. The first kappa shape index (κ1) is 14.2. The first-order valence-corrected chi connectivity index (χ1v) is 7.40. The normalized spacial score (nSPS) is 10.4. The van der Waals surface area contributed by atoms with E-state index in [-0.39, 0.29) is 5.91 Å². The first-order valence-electron chi connectivity index (χ1n) is 6.52. The van der Waals surface area contributed by atoms with Crippen molar-refractivity contribution in [3.8, 4) is 5.69 Å². The Morgan fingerprint density at radius 3 is 2.55 bits per heavy atom. The van der Waals surface area contributed by atoms with Crippen molar-refractivity contribution in [3.05, 3.63) is 64.5 Å². The van der Waals surface area contributed by atoms with Crippen molar-refractivity contribution in [2.45, 2.75) is 6.92 Å². The monoisotopic (exact) mass is 315 g/mol. The number of carbonyl (C=O) groups is 2. The molecule has 2 N–H and O–H groups in total. The van der Waals surface area contributed by atoms with E-state index in [9.17, 15) is 9.59 Å². The maximum absolute atomic E-state index is 12.2. The Bertz CT molecular complexity index is 802. The third-order valence-electron chi connectivity index (χ3n) is 3.13. The molecule has 0 saturated heterocycles. The summed E-state index contributed by atoms with van der Waals surface area (Å²) in [6.45, 7) is 1.68. The maximum Gasteiger partial charge on any atom is 0.281 e. The van der Waals surface area contributed by atoms with Gasteiger partial charge in [-0.1, -0.05) is 0 Å². The van der Waals surface area contributed by atoms with Crippen molar-refractivity contribution in [1.29, 1.82) is 0 Å². The summed E-state index contributed by atoms with van der Waals surface area (Å²) in [5, 5.41) is 1.83. The predicted octanol–water partition coefficient (Wildman–Crippen LogP) is 2.52. The number of nitrogens with one attached hydrogen (secondary N) is 2. The van der Waals surface area contributed by atoms with E-state index >= 15 is 0 Å². The highest BCUT2D eigenvalue weighted by molar-refractivity contribution is 7.12. The second-order valence-corrected chi connectivity index (χ2v) is 5.44. The van der Waals surface area contributed by atoms with E-state index in [2.05, 4.69) is 10.9 Å². The van der Waals surface area contributed by atoms with Crippen LogP contribution in [0.15, 0.2) is 52.7 Å². The van der Waals surface area contributed by atoms with Crippen molar-refractivity contribution in [2.75, 3.05) is 0 Å². The lowest BCUT2D eigenvalue weighted by Gasteiger charge is -2.08. The molecule has 0 saturated carbocycles. The fourth-order valence-electron chi connectivity index (χ4n) is 2.03. The number of rotatable bonds is 3. The minimum absolute atomic E-state index is 0.367. The number of hydrogen-bond donors (Lipinski definition) is 2. The summed E-state index contributed by atoms with van der Waals surface area (Å²) in [7, 11) is 0. The third-order valence-corrected chi connectivity index (χ3v) is 4.03. The van der Waals surface area contributed by atoms with E-state index in [1.165, 1.54) is 17.6 Å². The molecule has 0 aromatic carbocycles. The molecule has 6 nitrogen and oxygen atoms in total. The zero-order valence-electron chi connectivity index (χ0n) is 11.7. The van der Waals surface area contributed by atoms with E-state index in [0.717, 1.165) is 5.69 Å². The molecule has 0 unspecified atom stereocenters. The molecule has 0 spiro atoms. The molecule has 0 aliphatic rings. The lowest BCUT2D eigenvalue weighted by Crippen LogP contribution is -2.41. The van der Waals surface area contributed by atoms with Gasteiger partial charge in [0.25, 0.3) is 11.8 Å². The second-order valence-electron chi connectivity index (χ2n) is 4.52. The van der Waals surface area contributed by atoms with Gasteiger partial charge in [0, 0.05) is 12.4 Å². The topological polar surface area (TPSA) is 76.3 Å². The van der Waals surface area contributed by atoms with Crippen molar-refractivity contribution in [3.63, 3.8) is 0 Å². The zero-order valence-corrected chi connectivity index (χ0v) is 12.5. The van der Waals surface area contributed by atoms with E-state index in [4.69, 9.17) is 4.42 Å². The molecule has 0 fully saturated rings. The number of aromatic nitrogens is 1. The quantitative estimate of drug-likeness (QED) is 0.729. The summed E-state index contributed by atoms with van der Waals surface area (Å²) in [5.74, 6) is -0.289. The number of thiophene rings is 1. The molecule has 0 radical (unpaired) electrons. The SMILES string of the molecule is Cc1occc1C(=O)NNC(=O)c1sccc1-n1cccc1. The molecule has 3 aromatic rings. The molecular weight excluding hydrogens is 302 g/mol. The number of hydrazine groups is 1. The maximum atomic E-state index is 12.2. The van der Waals surface area contributed by atoms with Crippen molar-refractivity contribution in [2.24, 2.45) is 0 Å². The molecular formula is C15H13N3O3S. The Hall–Kier alpha value is -2.80. The van der Waals surface area contributed by atoms with Crippen molar-refractivity contribution >= 4 is 23.2 Å². The van der Waals surface area contributed by atoms with Crippen LogP contribution in [0, 0.1) is 6.92 Å². The Labute approximate surface area is 130 Å². The zero-order chi connectivity index (χ0) is 15.5. The van der Waals surface area contributed by atoms with Gasteiger partial charge >= 0.3 is 0 Å². The Balaban J connectivity index is 1.70. The summed E-state index contributed by atoms with van der Waals surface area (Å²) in [6, 6.07) is 7.15. The number of amides is 2. The highest BCUT2D eigenvalue weighted by atomic mass is 32.1. The van der Waals surface area contributed by atoms with Gasteiger partial charge in [0.2, 0.25) is 0 Å². The highest BCUT2D eigenvalue weighted by Gasteiger charge is 2.16. The summed E-state index contributed by atoms with van der Waals surface area (Å²) in [4.78, 5) is 24.7. The van der Waals surface area contributed by atoms with Crippen molar-refractivity contribution in [1.82, 2.24) is 15.4 Å². The molecule has 0 aliphatic heterocycles. The van der Waals surface area contributed by atoms with Crippen LogP contribution in [0.4, 0.5) is 0 Å². The van der Waals surface area contributed by atoms with Crippen LogP contribution in [0.1, 0.15) is 25.8 Å². The van der Waals surface area contributed by atoms with Crippen LogP contribution < -0.4 is 10.9 Å². The molecule has 3 rings (SSSR count). The van der Waals surface area contributed by atoms with Gasteiger partial charge in [0.1, 0.15) is 10.6 Å². The van der Waals surface area contributed by atoms with Crippen LogP contribution in [0.3, 0.4) is 0 Å². The van der Waals surface area contributed by atoms with E-state index in [0.29, 0.717) is 16.2 Å². The Morgan fingerprint density at radius 1 is 1.14 bits per heavy atom. The smallest absolute Gasteiger partial charge is 0.281 e. The Kier molecular flexibility index (Phi) is 3.80. The lowest BCUT2D eigenvalue weighted by molar-refractivity contribution is 0.0848. The molecule has 3 aromatic heterocycles. The van der Waals surface area contributed by atoms with Crippen LogP contribution in [-0.4, -0.2) is 16.4 Å². The van der Waals surface area contributed by atoms with Gasteiger partial charge in [-0.15, -0.1) is 11.3 Å². The molecule has 0 aliphatic carbocycles. The lowest BCUT2D eigenvalue weighted by atomic mass is 10.2. The number of furan rings is 1. The van der Waals surface area contributed by atoms with Crippen LogP contribution in [-0.2, 0) is 0 Å². The molecule has 0 bridgehead atoms. The van der Waals surface area contributed by atoms with Crippen LogP contribution in [0.2, 0.25) is 0 Å². The average molecular weight is 315 g/mol. The molecule has 7 heteroatoms. The van der Waals surface area contributed by atoms with Crippen LogP contribution in [0.5, 0.6) is 0 Å². The number of nitrogens with zero attached hydrogens (tertiary/aromatic N) is 1. The summed E-state index contributed by atoms with van der Waals surface area (Å²) >= 11 is 1.31. The standard InChI is InChI=1S/C15H13N3O3S/c1-10-11(4-8-21-10)14(19)16-17-15(20)13-12(5-9-22-13)18-6-2-3-7-18/h2-9H,1H3,(H,16,19)(H,17,20). The largest absolute Gasteiger partial charge is 0.469 e. The van der Waals surface area contributed by atoms with Crippen LogP contribution >= 0.6 is 11.3 Å². The number of carbonyl (C=O) groups excluding carboxylic acids is 2. The van der Waals surface area contributed by atoms with Gasteiger partial charge in [-0.25, -0.2) is 0 Å². The molecule has 112 valence electrons. The third kappa shape index (κ3) is 2.66. The summed E-state index contributed by atoms with van der Waals surface area (Å²) in [6.07, 6.45) is 5.13. The predicted molar refractivity (Wildman–Crippen MR) is 82.0 cm³/mol. The van der Waals surface area contributed by atoms with Gasteiger partial charge in [-0.05, 0) is 36.6 Å². The minimum Gasteiger partial charge on any atom is -0.469 e. The number of aryl methyl sites for hydroxylation is 1. The average Bonchev–Trinajstić information content (AvgIpc) is 3.23. The highest BCUT2D eigenvalue weighted by Crippen LogP contribution is 2.21. The van der Waals surface area contributed by atoms with Gasteiger partial charge in [0.15, 0.2) is 0 Å². The Morgan fingerprint density at radius 2 is 1.86 bits per heavy atom. The van der Waals surface area contributed by atoms with Gasteiger partial charge in [-0.2, -0.15) is 0 Å². The molecule has 2 amide bonds. The second kappa shape index (κ2) is 5.90. The minimum atomic E-state index is -0.418. The molecule has 22 heavy (non-hydrogen) atoms. The molecule has 0 atom stereocenters. The van der Waals surface area contributed by atoms with Crippen molar-refractivity contribution < 1.29 is 14.0 Å². The van der Waals surface area contributed by atoms with Gasteiger partial charge in [-0.3, -0.25) is 20.4 Å². The summed E-state index contributed by atoms with van der Waals surface area (Å²) in [5.41, 5.74) is 5.96. The van der Waals surface area contributed by atoms with E-state index in [1.807, 2.05) is 40.5 Å². The van der Waals surface area contributed by atoms with Gasteiger partial charge < -0.3 is 8.98 Å². The first-order chi connectivity index (χ1) is 10.7. The van der Waals surface area contributed by atoms with E-state index in [1.54, 1.807) is 13.0 Å². The summed E-state index contributed by atoms with van der Waals surface area (Å²) < 4.78 is 6.90. The fourth-order valence-corrected chi connectivity index (χ4v) is 2.81. The fraction of sp³-hybridized carbons (Fsp3) is 0.0667. The van der Waals surface area contributed by atoms with Crippen LogP contribution in [0.25, 0.3) is 5.69 Å². The number of hydrogen-bond acceptors (Lipinski definition) is 4. The van der Waals surface area contributed by atoms with E-state index < -0.39 is 5.91 Å². The van der Waals surface area contributed by atoms with Gasteiger partial charge in [0.05, 0.1) is 17.5 Å².